The molecule has 0 heterocycles. The molecule has 2 rings (SSSR count). The second kappa shape index (κ2) is 32.6. The highest BCUT2D eigenvalue weighted by atomic mass is 14.2. The summed E-state index contributed by atoms with van der Waals surface area (Å²) in [6.45, 7) is 4.62. The van der Waals surface area contributed by atoms with Gasteiger partial charge >= 0.3 is 0 Å². The Labute approximate surface area is 302 Å². The summed E-state index contributed by atoms with van der Waals surface area (Å²) >= 11 is 0. The summed E-state index contributed by atoms with van der Waals surface area (Å²) in [4.78, 5) is 0. The SMILES string of the molecule is CCCCCCCCCCCCCCCCCCc1cccc(-c2ccccc2)c1CCCCCCCCCCCCCCCCCC. The smallest absolute Gasteiger partial charge is 0.0149 e. The molecular weight excluding hydrogens is 577 g/mol. The van der Waals surface area contributed by atoms with Crippen LogP contribution in [0.3, 0.4) is 0 Å². The normalized spacial score (nSPS) is 11.5. The van der Waals surface area contributed by atoms with Crippen LogP contribution < -0.4 is 0 Å². The van der Waals surface area contributed by atoms with Gasteiger partial charge in [0.2, 0.25) is 0 Å². The van der Waals surface area contributed by atoms with E-state index < -0.39 is 0 Å². The van der Waals surface area contributed by atoms with Crippen molar-refractivity contribution in [3.63, 3.8) is 0 Å². The van der Waals surface area contributed by atoms with Gasteiger partial charge in [-0.05, 0) is 47.9 Å². The zero-order valence-corrected chi connectivity index (χ0v) is 32.7. The molecular formula is C48H82. The molecule has 0 radical (unpaired) electrons. The van der Waals surface area contributed by atoms with Crippen molar-refractivity contribution in [3.8, 4) is 11.1 Å². The van der Waals surface area contributed by atoms with Crippen LogP contribution in [-0.2, 0) is 12.8 Å². The number of rotatable bonds is 35. The lowest BCUT2D eigenvalue weighted by Crippen LogP contribution is -1.99. The highest BCUT2D eigenvalue weighted by Crippen LogP contribution is 2.29. The Kier molecular flexibility index (Phi) is 29.0. The van der Waals surface area contributed by atoms with Crippen molar-refractivity contribution < 1.29 is 0 Å². The molecule has 0 spiro atoms. The predicted octanol–water partition coefficient (Wildman–Crippen LogP) is 17.0. The molecule has 0 aliphatic heterocycles. The standard InChI is InChI=1S/C48H82/c1-3-5-7-9-11-13-15-17-19-21-23-25-27-29-31-34-39-46-42-38-44-48(45-40-35-33-36-41-45)47(46)43-37-32-30-28-26-24-22-20-18-16-14-12-10-8-6-4-2/h33,35-36,38,40-42,44H,3-32,34,37,39,43H2,1-2H3. The lowest BCUT2D eigenvalue weighted by molar-refractivity contribution is 0.528. The molecule has 2 aromatic carbocycles. The molecule has 0 atom stereocenters. The lowest BCUT2D eigenvalue weighted by Gasteiger charge is -2.16. The maximum absolute atomic E-state index is 2.44. The highest BCUT2D eigenvalue weighted by Gasteiger charge is 2.10. The topological polar surface area (TPSA) is 0 Å². The van der Waals surface area contributed by atoms with Crippen molar-refractivity contribution in [2.24, 2.45) is 0 Å². The van der Waals surface area contributed by atoms with Gasteiger partial charge in [-0.3, -0.25) is 0 Å². The summed E-state index contributed by atoms with van der Waals surface area (Å²) in [5, 5.41) is 0. The maximum atomic E-state index is 2.44. The van der Waals surface area contributed by atoms with E-state index in [-0.39, 0.29) is 0 Å². The van der Waals surface area contributed by atoms with Gasteiger partial charge < -0.3 is 0 Å². The third kappa shape index (κ3) is 23.0. The minimum atomic E-state index is 1.25. The predicted molar refractivity (Wildman–Crippen MR) is 218 cm³/mol. The fourth-order valence-corrected chi connectivity index (χ4v) is 7.77. The molecule has 0 N–H and O–H groups in total. The summed E-state index contributed by atoms with van der Waals surface area (Å²) in [6, 6.07) is 18.3. The average Bonchev–Trinajstić information content (AvgIpc) is 3.12. The van der Waals surface area contributed by atoms with E-state index in [4.69, 9.17) is 0 Å². The van der Waals surface area contributed by atoms with Crippen molar-refractivity contribution in [2.45, 2.75) is 232 Å². The van der Waals surface area contributed by atoms with Crippen molar-refractivity contribution in [1.82, 2.24) is 0 Å². The van der Waals surface area contributed by atoms with Gasteiger partial charge in [0.05, 0.1) is 0 Å². The van der Waals surface area contributed by atoms with E-state index >= 15 is 0 Å². The number of benzene rings is 2. The summed E-state index contributed by atoms with van der Waals surface area (Å²) in [6.07, 6.45) is 48.6. The first-order chi connectivity index (χ1) is 23.9. The van der Waals surface area contributed by atoms with Crippen LogP contribution in [0.15, 0.2) is 48.5 Å². The fraction of sp³-hybridized carbons (Fsp3) is 0.750. The van der Waals surface area contributed by atoms with E-state index in [1.807, 2.05) is 0 Å². The third-order valence-electron chi connectivity index (χ3n) is 10.9. The van der Waals surface area contributed by atoms with Crippen molar-refractivity contribution in [2.75, 3.05) is 0 Å². The van der Waals surface area contributed by atoms with Crippen LogP contribution in [0.1, 0.15) is 230 Å². The van der Waals surface area contributed by atoms with Gasteiger partial charge in [0.25, 0.3) is 0 Å². The van der Waals surface area contributed by atoms with Crippen molar-refractivity contribution >= 4 is 0 Å². The van der Waals surface area contributed by atoms with Crippen molar-refractivity contribution in [1.29, 1.82) is 0 Å². The van der Waals surface area contributed by atoms with Crippen LogP contribution in [0.25, 0.3) is 11.1 Å². The van der Waals surface area contributed by atoms with E-state index in [1.54, 1.807) is 11.1 Å². The van der Waals surface area contributed by atoms with Crippen LogP contribution >= 0.6 is 0 Å². The van der Waals surface area contributed by atoms with E-state index in [2.05, 4.69) is 62.4 Å². The quantitative estimate of drug-likeness (QED) is 0.0647. The van der Waals surface area contributed by atoms with Crippen LogP contribution in [0.4, 0.5) is 0 Å². The number of hydrogen-bond donors (Lipinski definition) is 0. The molecule has 0 saturated heterocycles. The Bertz CT molecular complexity index is 926. The Morgan fingerprint density at radius 2 is 0.625 bits per heavy atom. The third-order valence-corrected chi connectivity index (χ3v) is 10.9. The zero-order chi connectivity index (χ0) is 34.0. The Hall–Kier alpha value is -1.56. The van der Waals surface area contributed by atoms with Gasteiger partial charge in [-0.15, -0.1) is 0 Å². The van der Waals surface area contributed by atoms with Crippen LogP contribution in [0, 0.1) is 0 Å². The molecule has 0 bridgehead atoms. The molecule has 0 nitrogen and oxygen atoms in total. The van der Waals surface area contributed by atoms with Gasteiger partial charge in [-0.25, -0.2) is 0 Å². The van der Waals surface area contributed by atoms with Gasteiger partial charge in [-0.1, -0.05) is 255 Å². The fourth-order valence-electron chi connectivity index (χ4n) is 7.77. The van der Waals surface area contributed by atoms with Crippen LogP contribution in [0.5, 0.6) is 0 Å². The van der Waals surface area contributed by atoms with Crippen LogP contribution in [0.2, 0.25) is 0 Å². The summed E-state index contributed by atoms with van der Waals surface area (Å²) in [7, 11) is 0. The van der Waals surface area contributed by atoms with Gasteiger partial charge in [0, 0.05) is 0 Å². The van der Waals surface area contributed by atoms with E-state index in [9.17, 15) is 0 Å². The van der Waals surface area contributed by atoms with Gasteiger partial charge in [-0.2, -0.15) is 0 Å². The lowest BCUT2D eigenvalue weighted by atomic mass is 9.89. The number of hydrogen-bond acceptors (Lipinski definition) is 0. The molecule has 0 unspecified atom stereocenters. The number of unbranched alkanes of at least 4 members (excludes halogenated alkanes) is 30. The molecule has 0 saturated carbocycles. The Balaban J connectivity index is 1.57. The maximum Gasteiger partial charge on any atom is -0.0149 e. The molecule has 0 fully saturated rings. The van der Waals surface area contributed by atoms with Crippen LogP contribution in [-0.4, -0.2) is 0 Å². The highest BCUT2D eigenvalue weighted by molar-refractivity contribution is 5.68. The Morgan fingerprint density at radius 3 is 1.00 bits per heavy atom. The summed E-state index contributed by atoms with van der Waals surface area (Å²) < 4.78 is 0. The van der Waals surface area contributed by atoms with Crippen molar-refractivity contribution in [3.05, 3.63) is 59.7 Å². The second-order valence-corrected chi connectivity index (χ2v) is 15.4. The number of aryl methyl sites for hydroxylation is 1. The van der Waals surface area contributed by atoms with Gasteiger partial charge in [0.15, 0.2) is 0 Å². The average molecular weight is 659 g/mol. The van der Waals surface area contributed by atoms with E-state index in [0.717, 1.165) is 0 Å². The molecule has 48 heavy (non-hydrogen) atoms. The molecule has 0 amide bonds. The molecule has 0 aliphatic rings. The summed E-state index contributed by atoms with van der Waals surface area (Å²) in [5.41, 5.74) is 6.17. The first-order valence-corrected chi connectivity index (χ1v) is 22.0. The largest absolute Gasteiger partial charge is 0.0654 e. The zero-order valence-electron chi connectivity index (χ0n) is 32.7. The summed E-state index contributed by atoms with van der Waals surface area (Å²) in [5.74, 6) is 0. The monoisotopic (exact) mass is 659 g/mol. The minimum absolute atomic E-state index is 1.25. The second-order valence-electron chi connectivity index (χ2n) is 15.4. The van der Waals surface area contributed by atoms with Gasteiger partial charge in [0.1, 0.15) is 0 Å². The first kappa shape index (κ1) is 42.6. The van der Waals surface area contributed by atoms with E-state index in [0.29, 0.717) is 0 Å². The minimum Gasteiger partial charge on any atom is -0.0654 e. The first-order valence-electron chi connectivity index (χ1n) is 22.0. The molecule has 0 aliphatic carbocycles. The van der Waals surface area contributed by atoms with E-state index in [1.165, 1.54) is 229 Å². The molecule has 0 heteroatoms. The molecule has 2 aromatic rings. The Morgan fingerprint density at radius 1 is 0.292 bits per heavy atom. The molecule has 0 aromatic heterocycles. The molecule has 274 valence electrons.